The lowest BCUT2D eigenvalue weighted by Gasteiger charge is -2.24. The van der Waals surface area contributed by atoms with E-state index in [-0.39, 0.29) is 25.8 Å². The van der Waals surface area contributed by atoms with Gasteiger partial charge in [-0.2, -0.15) is 0 Å². The molecule has 0 aromatic heterocycles. The molecular weight excluding hydrogens is 625 g/mol. The maximum atomic E-state index is 12.6. The van der Waals surface area contributed by atoms with Crippen molar-refractivity contribution in [1.82, 2.24) is 0 Å². The summed E-state index contributed by atoms with van der Waals surface area (Å²) in [4.78, 5) is 22.8. The zero-order valence-electron chi connectivity index (χ0n) is 32.2. The van der Waals surface area contributed by atoms with Gasteiger partial charge in [-0.3, -0.25) is 13.8 Å². The van der Waals surface area contributed by atoms with E-state index in [1.807, 2.05) is 21.1 Å². The van der Waals surface area contributed by atoms with Gasteiger partial charge in [-0.25, -0.2) is 4.57 Å². The average molecular weight is 705 g/mol. The number of likely N-dealkylation sites (N-methyl/N-ethyl adjacent to an activating group) is 1. The lowest BCUT2D eigenvalue weighted by atomic mass is 10.0. The van der Waals surface area contributed by atoms with E-state index >= 15 is 0 Å². The van der Waals surface area contributed by atoms with Gasteiger partial charge in [0.2, 0.25) is 0 Å². The van der Waals surface area contributed by atoms with E-state index in [0.29, 0.717) is 24.1 Å². The van der Waals surface area contributed by atoms with Gasteiger partial charge in [0.05, 0.1) is 34.4 Å². The number of carbonyl (C=O) groups excluding carboxylic acids is 1. The first-order chi connectivity index (χ1) is 23.1. The highest BCUT2D eigenvalue weighted by Gasteiger charge is 2.26. The molecular formula is C39H79NO7P+. The molecule has 0 saturated heterocycles. The number of quaternary nitrogens is 1. The Kier molecular flexibility index (Phi) is 32.9. The van der Waals surface area contributed by atoms with Crippen molar-refractivity contribution in [3.8, 4) is 0 Å². The van der Waals surface area contributed by atoms with Gasteiger partial charge in [0.1, 0.15) is 19.3 Å². The van der Waals surface area contributed by atoms with Crippen LogP contribution in [0.25, 0.3) is 0 Å². The summed E-state index contributed by atoms with van der Waals surface area (Å²) in [6.45, 7) is 5.60. The first kappa shape index (κ1) is 47.2. The number of phosphoric acid groups is 1. The van der Waals surface area contributed by atoms with Crippen LogP contribution in [0.4, 0.5) is 0 Å². The number of nitrogens with zero attached hydrogens (tertiary/aromatic N) is 1. The van der Waals surface area contributed by atoms with Crippen LogP contribution in [0, 0.1) is 0 Å². The molecule has 0 fully saturated rings. The molecule has 0 aliphatic rings. The predicted octanol–water partition coefficient (Wildman–Crippen LogP) is 11.1. The lowest BCUT2D eigenvalue weighted by molar-refractivity contribution is -0.870. The third kappa shape index (κ3) is 36.5. The van der Waals surface area contributed by atoms with Crippen molar-refractivity contribution < 1.29 is 37.3 Å². The molecule has 0 aromatic carbocycles. The van der Waals surface area contributed by atoms with Crippen molar-refractivity contribution in [2.45, 2.75) is 180 Å². The van der Waals surface area contributed by atoms with E-state index < -0.39 is 13.9 Å². The van der Waals surface area contributed by atoms with Crippen LogP contribution in [0.2, 0.25) is 0 Å². The van der Waals surface area contributed by atoms with Crippen LogP contribution < -0.4 is 0 Å². The van der Waals surface area contributed by atoms with Gasteiger partial charge in [0.25, 0.3) is 0 Å². The Morgan fingerprint density at radius 2 is 1.08 bits per heavy atom. The smallest absolute Gasteiger partial charge is 0.457 e. The van der Waals surface area contributed by atoms with Crippen molar-refractivity contribution in [3.05, 3.63) is 12.2 Å². The number of rotatable bonds is 37. The number of phosphoric ester groups is 1. The fourth-order valence-electron chi connectivity index (χ4n) is 5.43. The number of esters is 1. The third-order valence-corrected chi connectivity index (χ3v) is 9.56. The second kappa shape index (κ2) is 33.4. The van der Waals surface area contributed by atoms with E-state index in [2.05, 4.69) is 26.0 Å². The monoisotopic (exact) mass is 705 g/mol. The molecule has 0 bridgehead atoms. The van der Waals surface area contributed by atoms with Crippen molar-refractivity contribution in [1.29, 1.82) is 0 Å². The number of hydrogen-bond acceptors (Lipinski definition) is 6. The standard InChI is InChI=1S/C39H78NO7P/c1-6-8-10-12-14-16-18-20-22-24-26-28-30-32-39(41)47-38(37-46-48(42,43)45-35-33-40(3,4)5)36-44-34-31-29-27-25-23-21-19-17-15-13-11-9-7-2/h15,17,38H,6-14,16,18-37H2,1-5H3/p+1/b17-15-. The molecule has 0 heterocycles. The third-order valence-electron chi connectivity index (χ3n) is 8.58. The van der Waals surface area contributed by atoms with E-state index in [4.69, 9.17) is 18.5 Å². The molecule has 48 heavy (non-hydrogen) atoms. The van der Waals surface area contributed by atoms with E-state index in [0.717, 1.165) is 32.1 Å². The molecule has 0 spiro atoms. The minimum Gasteiger partial charge on any atom is -0.457 e. The Hall–Kier alpha value is -0.760. The molecule has 8 nitrogen and oxygen atoms in total. The van der Waals surface area contributed by atoms with E-state index in [1.165, 1.54) is 122 Å². The Bertz CT molecular complexity index is 787. The summed E-state index contributed by atoms with van der Waals surface area (Å²) < 4.78 is 34.9. The predicted molar refractivity (Wildman–Crippen MR) is 201 cm³/mol. The quantitative estimate of drug-likeness (QED) is 0.0226. The second-order valence-corrected chi connectivity index (χ2v) is 16.1. The largest absolute Gasteiger partial charge is 0.472 e. The summed E-state index contributed by atoms with van der Waals surface area (Å²) >= 11 is 0. The lowest BCUT2D eigenvalue weighted by Crippen LogP contribution is -2.37. The van der Waals surface area contributed by atoms with E-state index in [1.54, 1.807) is 0 Å². The molecule has 286 valence electrons. The van der Waals surface area contributed by atoms with E-state index in [9.17, 15) is 14.3 Å². The molecule has 9 heteroatoms. The number of allylic oxidation sites excluding steroid dienone is 2. The number of ether oxygens (including phenoxy) is 2. The highest BCUT2D eigenvalue weighted by molar-refractivity contribution is 7.47. The van der Waals surface area contributed by atoms with Gasteiger partial charge >= 0.3 is 13.8 Å². The van der Waals surface area contributed by atoms with Gasteiger partial charge in [-0.05, 0) is 38.5 Å². The Labute approximate surface area is 297 Å². The van der Waals surface area contributed by atoms with Crippen molar-refractivity contribution in [2.24, 2.45) is 0 Å². The zero-order chi connectivity index (χ0) is 35.6. The topological polar surface area (TPSA) is 91.3 Å². The number of hydrogen-bond donors (Lipinski definition) is 1. The molecule has 2 atom stereocenters. The number of unbranched alkanes of at least 4 members (excludes halogenated alkanes) is 21. The summed E-state index contributed by atoms with van der Waals surface area (Å²) in [6, 6.07) is 0. The van der Waals surface area contributed by atoms with Crippen LogP contribution >= 0.6 is 7.82 Å². The van der Waals surface area contributed by atoms with Crippen LogP contribution in [0.3, 0.4) is 0 Å². The van der Waals surface area contributed by atoms with Crippen molar-refractivity contribution >= 4 is 13.8 Å². The molecule has 1 N–H and O–H groups in total. The zero-order valence-corrected chi connectivity index (χ0v) is 33.1. The Morgan fingerprint density at radius 1 is 0.625 bits per heavy atom. The van der Waals surface area contributed by atoms with Crippen LogP contribution in [-0.4, -0.2) is 75.6 Å². The fourth-order valence-corrected chi connectivity index (χ4v) is 6.17. The minimum absolute atomic E-state index is 0.0903. The summed E-state index contributed by atoms with van der Waals surface area (Å²) in [7, 11) is 1.67. The highest BCUT2D eigenvalue weighted by Crippen LogP contribution is 2.43. The first-order valence-electron chi connectivity index (χ1n) is 19.9. The Morgan fingerprint density at radius 3 is 1.62 bits per heavy atom. The van der Waals surface area contributed by atoms with Gasteiger partial charge in [-0.15, -0.1) is 0 Å². The summed E-state index contributed by atoms with van der Waals surface area (Å²) in [6.07, 6.45) is 33.7. The molecule has 0 aliphatic heterocycles. The highest BCUT2D eigenvalue weighted by atomic mass is 31.2. The first-order valence-corrected chi connectivity index (χ1v) is 21.4. The van der Waals surface area contributed by atoms with Crippen LogP contribution in [0.5, 0.6) is 0 Å². The SMILES string of the molecule is CCCCC/C=C\CCCCCCCCOCC(COP(=O)(O)OCC[N+](C)(C)C)OC(=O)CCCCCCCCCCCCCCC. The van der Waals surface area contributed by atoms with Gasteiger partial charge in [0.15, 0.2) is 0 Å². The molecule has 0 radical (unpaired) electrons. The molecule has 0 aliphatic carbocycles. The minimum atomic E-state index is -4.26. The van der Waals surface area contributed by atoms with Gasteiger partial charge in [0, 0.05) is 13.0 Å². The maximum absolute atomic E-state index is 12.6. The van der Waals surface area contributed by atoms with Gasteiger partial charge in [-0.1, -0.05) is 142 Å². The summed E-state index contributed by atoms with van der Waals surface area (Å²) in [5.74, 6) is -0.315. The maximum Gasteiger partial charge on any atom is 0.472 e. The molecule has 2 unspecified atom stereocenters. The molecule has 0 rings (SSSR count). The second-order valence-electron chi connectivity index (χ2n) is 14.7. The number of carbonyl (C=O) groups is 1. The molecule has 0 saturated carbocycles. The van der Waals surface area contributed by atoms with Crippen LogP contribution in [-0.2, 0) is 27.9 Å². The molecule has 0 amide bonds. The summed E-state index contributed by atoms with van der Waals surface area (Å²) in [5.41, 5.74) is 0. The normalized spacial score (nSPS) is 14.0. The fraction of sp³-hybridized carbons (Fsp3) is 0.923. The van der Waals surface area contributed by atoms with Crippen LogP contribution in [0.15, 0.2) is 12.2 Å². The van der Waals surface area contributed by atoms with Crippen molar-refractivity contribution in [3.63, 3.8) is 0 Å². The molecule has 0 aromatic rings. The van der Waals surface area contributed by atoms with Crippen molar-refractivity contribution in [2.75, 3.05) is 54.1 Å². The van der Waals surface area contributed by atoms with Gasteiger partial charge < -0.3 is 18.9 Å². The Balaban J connectivity index is 4.28. The average Bonchev–Trinajstić information content (AvgIpc) is 3.03. The summed E-state index contributed by atoms with van der Waals surface area (Å²) in [5, 5.41) is 0. The van der Waals surface area contributed by atoms with Crippen LogP contribution in [0.1, 0.15) is 174 Å².